The van der Waals surface area contributed by atoms with Crippen LogP contribution in [0, 0.1) is 0 Å². The number of carboxylic acid groups (broad SMARTS) is 1. The molecule has 0 aliphatic rings. The Kier molecular flexibility index (Phi) is 6.68. The first-order valence-electron chi connectivity index (χ1n) is 6.39. The highest BCUT2D eigenvalue weighted by Crippen LogP contribution is 2.15. The van der Waals surface area contributed by atoms with Gasteiger partial charge in [0, 0.05) is 6.42 Å². The largest absolute Gasteiger partial charge is 0.480 e. The van der Waals surface area contributed by atoms with E-state index < -0.39 is 23.9 Å². The quantitative estimate of drug-likeness (QED) is 0.750. The molecule has 1 aromatic rings. The maximum Gasteiger partial charge on any atom is 0.326 e. The molecule has 0 saturated carbocycles. The van der Waals surface area contributed by atoms with Crippen LogP contribution in [0.15, 0.2) is 24.3 Å². The minimum absolute atomic E-state index is 0.0512. The number of nitrogens with one attached hydrogen (secondary N) is 1. The van der Waals surface area contributed by atoms with Gasteiger partial charge in [0.1, 0.15) is 6.04 Å². The summed E-state index contributed by atoms with van der Waals surface area (Å²) in [7, 11) is 0. The fraction of sp³-hybridized carbons (Fsp3) is 0.357. The van der Waals surface area contributed by atoms with Crippen LogP contribution in [0.2, 0.25) is 5.02 Å². The first-order valence-corrected chi connectivity index (χ1v) is 6.77. The Balaban J connectivity index is 2.66. The zero-order chi connectivity index (χ0) is 15.8. The number of amides is 1. The van der Waals surface area contributed by atoms with E-state index in [0.717, 1.165) is 0 Å². The molecule has 2 N–H and O–H groups in total. The van der Waals surface area contributed by atoms with Crippen molar-refractivity contribution in [1.29, 1.82) is 0 Å². The van der Waals surface area contributed by atoms with Gasteiger partial charge in [-0.1, -0.05) is 23.7 Å². The van der Waals surface area contributed by atoms with Crippen LogP contribution < -0.4 is 5.32 Å². The lowest BCUT2D eigenvalue weighted by atomic mass is 10.1. The highest BCUT2D eigenvalue weighted by Gasteiger charge is 2.22. The van der Waals surface area contributed by atoms with Crippen LogP contribution in [0.5, 0.6) is 0 Å². The first kappa shape index (κ1) is 17.0. The number of benzene rings is 1. The van der Waals surface area contributed by atoms with Crippen LogP contribution in [0.3, 0.4) is 0 Å². The molecule has 114 valence electrons. The van der Waals surface area contributed by atoms with E-state index in [1.807, 2.05) is 0 Å². The molecule has 0 bridgehead atoms. The van der Waals surface area contributed by atoms with E-state index in [2.05, 4.69) is 5.32 Å². The van der Waals surface area contributed by atoms with E-state index in [0.29, 0.717) is 0 Å². The van der Waals surface area contributed by atoms with E-state index in [-0.39, 0.29) is 30.0 Å². The Morgan fingerprint density at radius 2 is 2.00 bits per heavy atom. The normalized spacial score (nSPS) is 11.5. The molecule has 0 heterocycles. The van der Waals surface area contributed by atoms with E-state index in [4.69, 9.17) is 21.4 Å². The molecular weight excluding hydrogens is 298 g/mol. The fourth-order valence-electron chi connectivity index (χ4n) is 1.63. The number of halogens is 1. The van der Waals surface area contributed by atoms with Crippen molar-refractivity contribution in [2.45, 2.75) is 25.8 Å². The lowest BCUT2D eigenvalue weighted by molar-refractivity contribution is -0.144. The van der Waals surface area contributed by atoms with E-state index in [1.165, 1.54) is 12.1 Å². The first-order chi connectivity index (χ1) is 9.95. The van der Waals surface area contributed by atoms with Gasteiger partial charge >= 0.3 is 11.9 Å². The molecule has 1 rings (SSSR count). The third kappa shape index (κ3) is 5.43. The third-order valence-electron chi connectivity index (χ3n) is 2.66. The number of rotatable bonds is 7. The molecule has 1 aromatic carbocycles. The Bertz CT molecular complexity index is 532. The Hall–Kier alpha value is -2.08. The van der Waals surface area contributed by atoms with Crippen LogP contribution in [-0.2, 0) is 14.3 Å². The van der Waals surface area contributed by atoms with E-state index in [9.17, 15) is 14.4 Å². The van der Waals surface area contributed by atoms with Crippen LogP contribution in [-0.4, -0.2) is 35.6 Å². The second-order valence-electron chi connectivity index (χ2n) is 4.19. The van der Waals surface area contributed by atoms with Crippen LogP contribution in [0.4, 0.5) is 0 Å². The smallest absolute Gasteiger partial charge is 0.326 e. The van der Waals surface area contributed by atoms with Crippen molar-refractivity contribution in [3.63, 3.8) is 0 Å². The summed E-state index contributed by atoms with van der Waals surface area (Å²) in [6.45, 7) is 1.88. The Morgan fingerprint density at radius 1 is 1.33 bits per heavy atom. The number of hydrogen-bond donors (Lipinski definition) is 2. The van der Waals surface area contributed by atoms with Gasteiger partial charge in [0.2, 0.25) is 0 Å². The Morgan fingerprint density at radius 3 is 2.57 bits per heavy atom. The van der Waals surface area contributed by atoms with Gasteiger partial charge < -0.3 is 15.2 Å². The minimum Gasteiger partial charge on any atom is -0.480 e. The fourth-order valence-corrected chi connectivity index (χ4v) is 1.86. The van der Waals surface area contributed by atoms with Gasteiger partial charge in [0.15, 0.2) is 0 Å². The monoisotopic (exact) mass is 313 g/mol. The number of aliphatic carboxylic acids is 1. The molecule has 0 radical (unpaired) electrons. The van der Waals surface area contributed by atoms with E-state index in [1.54, 1.807) is 19.1 Å². The standard InChI is InChI=1S/C14H16ClNO5/c1-2-21-12(17)8-7-11(14(19)20)16-13(18)9-5-3-4-6-10(9)15/h3-6,11H,2,7-8H2,1H3,(H,16,18)(H,19,20)/t11-/m0/s1. The molecule has 0 aliphatic carbocycles. The van der Waals surface area contributed by atoms with Gasteiger partial charge in [0.05, 0.1) is 17.2 Å². The second kappa shape index (κ2) is 8.26. The number of ether oxygens (including phenoxy) is 1. The summed E-state index contributed by atoms with van der Waals surface area (Å²) >= 11 is 5.87. The molecule has 0 fully saturated rings. The molecule has 0 saturated heterocycles. The molecule has 0 spiro atoms. The average molecular weight is 314 g/mol. The molecule has 0 aromatic heterocycles. The van der Waals surface area contributed by atoms with Crippen molar-refractivity contribution in [2.24, 2.45) is 0 Å². The lowest BCUT2D eigenvalue weighted by Crippen LogP contribution is -2.41. The van der Waals surface area contributed by atoms with Crippen LogP contribution >= 0.6 is 11.6 Å². The predicted octanol–water partition coefficient (Wildman–Crippen LogP) is 1.87. The average Bonchev–Trinajstić information content (AvgIpc) is 2.43. The van der Waals surface area contributed by atoms with Gasteiger partial charge in [-0.2, -0.15) is 0 Å². The van der Waals surface area contributed by atoms with Crippen molar-refractivity contribution in [2.75, 3.05) is 6.61 Å². The summed E-state index contributed by atoms with van der Waals surface area (Å²) in [6, 6.07) is 5.12. The summed E-state index contributed by atoms with van der Waals surface area (Å²) in [4.78, 5) is 34.3. The topological polar surface area (TPSA) is 92.7 Å². The highest BCUT2D eigenvalue weighted by molar-refractivity contribution is 6.33. The Labute approximate surface area is 127 Å². The van der Waals surface area contributed by atoms with Gasteiger partial charge in [-0.25, -0.2) is 4.79 Å². The molecule has 0 unspecified atom stereocenters. The number of carbonyl (C=O) groups excluding carboxylic acids is 2. The van der Waals surface area contributed by atoms with Crippen molar-refractivity contribution < 1.29 is 24.2 Å². The third-order valence-corrected chi connectivity index (χ3v) is 2.99. The van der Waals surface area contributed by atoms with Crippen molar-refractivity contribution >= 4 is 29.4 Å². The van der Waals surface area contributed by atoms with Gasteiger partial charge in [-0.05, 0) is 25.5 Å². The summed E-state index contributed by atoms with van der Waals surface area (Å²) in [5.41, 5.74) is 0.182. The second-order valence-corrected chi connectivity index (χ2v) is 4.60. The molecule has 0 aliphatic heterocycles. The number of carbonyl (C=O) groups is 3. The molecule has 6 nitrogen and oxygen atoms in total. The molecule has 7 heteroatoms. The SMILES string of the molecule is CCOC(=O)CC[C@H](NC(=O)c1ccccc1Cl)C(=O)O. The molecule has 21 heavy (non-hydrogen) atoms. The molecule has 1 amide bonds. The van der Waals surface area contributed by atoms with Crippen LogP contribution in [0.1, 0.15) is 30.1 Å². The van der Waals surface area contributed by atoms with Gasteiger partial charge in [-0.3, -0.25) is 9.59 Å². The van der Waals surface area contributed by atoms with Crippen molar-refractivity contribution in [3.05, 3.63) is 34.9 Å². The maximum absolute atomic E-state index is 12.0. The summed E-state index contributed by atoms with van der Waals surface area (Å²) < 4.78 is 4.72. The van der Waals surface area contributed by atoms with Gasteiger partial charge in [-0.15, -0.1) is 0 Å². The zero-order valence-electron chi connectivity index (χ0n) is 11.5. The van der Waals surface area contributed by atoms with Gasteiger partial charge in [0.25, 0.3) is 5.91 Å². The summed E-state index contributed by atoms with van der Waals surface area (Å²) in [6.07, 6.45) is -0.141. The minimum atomic E-state index is -1.22. The molecular formula is C14H16ClNO5. The maximum atomic E-state index is 12.0. The van der Waals surface area contributed by atoms with E-state index >= 15 is 0 Å². The summed E-state index contributed by atoms with van der Waals surface area (Å²) in [5, 5.41) is 11.6. The highest BCUT2D eigenvalue weighted by atomic mass is 35.5. The zero-order valence-corrected chi connectivity index (χ0v) is 12.2. The van der Waals surface area contributed by atoms with Crippen LogP contribution in [0.25, 0.3) is 0 Å². The molecule has 1 atom stereocenters. The lowest BCUT2D eigenvalue weighted by Gasteiger charge is -2.14. The predicted molar refractivity (Wildman–Crippen MR) is 76.2 cm³/mol. The summed E-state index contributed by atoms with van der Waals surface area (Å²) in [5.74, 6) is -2.33. The van der Waals surface area contributed by atoms with Crippen molar-refractivity contribution in [3.8, 4) is 0 Å². The number of esters is 1. The van der Waals surface area contributed by atoms with Crippen molar-refractivity contribution in [1.82, 2.24) is 5.32 Å². The number of carboxylic acids is 1. The number of hydrogen-bond acceptors (Lipinski definition) is 4.